The molecule has 1 aromatic carbocycles. The highest BCUT2D eigenvalue weighted by Gasteiger charge is 2.24. The number of benzene rings is 1. The molecule has 8 nitrogen and oxygen atoms in total. The first kappa shape index (κ1) is 17.1. The zero-order valence-electron chi connectivity index (χ0n) is 14.1. The van der Waals surface area contributed by atoms with Crippen LogP contribution in [-0.2, 0) is 11.3 Å². The first-order chi connectivity index (χ1) is 12.1. The van der Waals surface area contributed by atoms with Crippen molar-refractivity contribution in [1.82, 2.24) is 9.97 Å². The molecule has 1 aliphatic heterocycles. The molecule has 2 heterocycles. The van der Waals surface area contributed by atoms with Crippen molar-refractivity contribution in [2.45, 2.75) is 32.4 Å². The molecule has 3 rings (SSSR count). The third-order valence-corrected chi connectivity index (χ3v) is 4.11. The van der Waals surface area contributed by atoms with Gasteiger partial charge in [0.15, 0.2) is 0 Å². The fourth-order valence-corrected chi connectivity index (χ4v) is 2.72. The van der Waals surface area contributed by atoms with Crippen molar-refractivity contribution in [3.05, 3.63) is 51.8 Å². The summed E-state index contributed by atoms with van der Waals surface area (Å²) in [6.07, 6.45) is 3.35. The van der Waals surface area contributed by atoms with Crippen molar-refractivity contribution in [2.24, 2.45) is 0 Å². The normalized spacial score (nSPS) is 16.6. The van der Waals surface area contributed by atoms with Gasteiger partial charge < -0.3 is 15.4 Å². The highest BCUT2D eigenvalue weighted by atomic mass is 16.6. The molecule has 1 aromatic heterocycles. The molecule has 1 atom stereocenters. The van der Waals surface area contributed by atoms with Crippen LogP contribution in [0.5, 0.6) is 0 Å². The summed E-state index contributed by atoms with van der Waals surface area (Å²) in [6, 6.07) is 7.96. The molecule has 0 aliphatic carbocycles. The summed E-state index contributed by atoms with van der Waals surface area (Å²) in [6.45, 7) is 3.69. The van der Waals surface area contributed by atoms with Gasteiger partial charge in [-0.05, 0) is 25.3 Å². The van der Waals surface area contributed by atoms with Gasteiger partial charge in [0.25, 0.3) is 0 Å². The zero-order chi connectivity index (χ0) is 17.6. The van der Waals surface area contributed by atoms with Gasteiger partial charge in [-0.25, -0.2) is 9.97 Å². The Labute approximate surface area is 145 Å². The number of nitrogens with zero attached hydrogens (tertiary/aromatic N) is 3. The zero-order valence-corrected chi connectivity index (χ0v) is 14.1. The Kier molecular flexibility index (Phi) is 5.39. The summed E-state index contributed by atoms with van der Waals surface area (Å²) in [5.41, 5.74) is 2.04. The smallest absolute Gasteiger partial charge is 0.353 e. The highest BCUT2D eigenvalue weighted by Crippen LogP contribution is 2.29. The molecule has 1 saturated heterocycles. The lowest BCUT2D eigenvalue weighted by Gasteiger charge is -2.13. The van der Waals surface area contributed by atoms with E-state index in [2.05, 4.69) is 20.6 Å². The van der Waals surface area contributed by atoms with Gasteiger partial charge in [0.05, 0.1) is 11.0 Å². The van der Waals surface area contributed by atoms with Crippen molar-refractivity contribution in [3.63, 3.8) is 0 Å². The molecule has 0 spiro atoms. The van der Waals surface area contributed by atoms with E-state index in [4.69, 9.17) is 4.74 Å². The molecule has 0 bridgehead atoms. The molecule has 0 saturated carbocycles. The Balaban J connectivity index is 1.72. The van der Waals surface area contributed by atoms with Gasteiger partial charge in [0.2, 0.25) is 11.6 Å². The monoisotopic (exact) mass is 343 g/mol. The third-order valence-electron chi connectivity index (χ3n) is 4.11. The maximum absolute atomic E-state index is 11.5. The highest BCUT2D eigenvalue weighted by molar-refractivity contribution is 5.69. The molecule has 8 heteroatoms. The van der Waals surface area contributed by atoms with E-state index in [1.54, 1.807) is 0 Å². The van der Waals surface area contributed by atoms with Gasteiger partial charge in [-0.3, -0.25) is 10.1 Å². The van der Waals surface area contributed by atoms with E-state index < -0.39 is 4.92 Å². The number of aryl methyl sites for hydroxylation is 1. The molecule has 1 fully saturated rings. The average Bonchev–Trinajstić information content (AvgIpc) is 3.12. The van der Waals surface area contributed by atoms with Gasteiger partial charge >= 0.3 is 5.69 Å². The first-order valence-electron chi connectivity index (χ1n) is 8.28. The fourth-order valence-electron chi connectivity index (χ4n) is 2.72. The molecule has 1 aliphatic rings. The number of anilines is 2. The van der Waals surface area contributed by atoms with Crippen LogP contribution in [0.1, 0.15) is 24.0 Å². The Morgan fingerprint density at radius 1 is 1.24 bits per heavy atom. The molecule has 0 amide bonds. The molecule has 2 N–H and O–H groups in total. The number of hydrogen-bond acceptors (Lipinski definition) is 7. The van der Waals surface area contributed by atoms with Crippen molar-refractivity contribution >= 4 is 17.3 Å². The molecule has 2 aromatic rings. The summed E-state index contributed by atoms with van der Waals surface area (Å²) >= 11 is 0. The maximum atomic E-state index is 11.5. The lowest BCUT2D eigenvalue weighted by Crippen LogP contribution is -2.20. The minimum atomic E-state index is -0.463. The summed E-state index contributed by atoms with van der Waals surface area (Å²) in [7, 11) is 0. The third kappa shape index (κ3) is 4.42. The standard InChI is InChI=1S/C17H21N5O3/c1-12-4-6-13(7-5-12)9-18-16-15(22(23)24)17(21-11-20-16)19-10-14-3-2-8-25-14/h4-7,11,14H,2-3,8-10H2,1H3,(H2,18,19,20,21). The second-order valence-electron chi connectivity index (χ2n) is 6.03. The van der Waals surface area contributed by atoms with Crippen molar-refractivity contribution < 1.29 is 9.66 Å². The van der Waals surface area contributed by atoms with Crippen LogP contribution >= 0.6 is 0 Å². The molecule has 132 valence electrons. The van der Waals surface area contributed by atoms with Crippen LogP contribution in [0.25, 0.3) is 0 Å². The minimum Gasteiger partial charge on any atom is -0.376 e. The number of ether oxygens (including phenoxy) is 1. The number of rotatable bonds is 7. The lowest BCUT2D eigenvalue weighted by molar-refractivity contribution is -0.383. The van der Waals surface area contributed by atoms with Crippen LogP contribution in [-0.4, -0.2) is 34.1 Å². The van der Waals surface area contributed by atoms with E-state index in [1.165, 1.54) is 6.33 Å². The topological polar surface area (TPSA) is 102 Å². The number of aromatic nitrogens is 2. The van der Waals surface area contributed by atoms with Crippen LogP contribution < -0.4 is 10.6 Å². The summed E-state index contributed by atoms with van der Waals surface area (Å²) in [4.78, 5) is 19.1. The second-order valence-corrected chi connectivity index (χ2v) is 6.03. The van der Waals surface area contributed by atoms with Gasteiger partial charge in [-0.1, -0.05) is 29.8 Å². The quantitative estimate of drug-likeness (QED) is 0.588. The van der Waals surface area contributed by atoms with Gasteiger partial charge in [-0.2, -0.15) is 0 Å². The van der Waals surface area contributed by atoms with Gasteiger partial charge in [0.1, 0.15) is 6.33 Å². The predicted octanol–water partition coefficient (Wildman–Crippen LogP) is 2.90. The van der Waals surface area contributed by atoms with E-state index in [0.717, 1.165) is 30.6 Å². The molecular weight excluding hydrogens is 322 g/mol. The predicted molar refractivity (Wildman–Crippen MR) is 94.7 cm³/mol. The largest absolute Gasteiger partial charge is 0.376 e. The van der Waals surface area contributed by atoms with E-state index in [-0.39, 0.29) is 23.4 Å². The first-order valence-corrected chi connectivity index (χ1v) is 8.28. The summed E-state index contributed by atoms with van der Waals surface area (Å²) < 4.78 is 5.53. The van der Waals surface area contributed by atoms with Crippen LogP contribution in [0.15, 0.2) is 30.6 Å². The van der Waals surface area contributed by atoms with Crippen molar-refractivity contribution in [3.8, 4) is 0 Å². The number of nitro groups is 1. The van der Waals surface area contributed by atoms with E-state index in [1.807, 2.05) is 31.2 Å². The summed E-state index contributed by atoms with van der Waals surface area (Å²) in [5.74, 6) is 0.414. The van der Waals surface area contributed by atoms with Crippen LogP contribution in [0.2, 0.25) is 0 Å². The summed E-state index contributed by atoms with van der Waals surface area (Å²) in [5, 5.41) is 17.6. The van der Waals surface area contributed by atoms with Gasteiger partial charge in [-0.15, -0.1) is 0 Å². The Bertz CT molecular complexity index is 730. The minimum absolute atomic E-state index is 0.0681. The van der Waals surface area contributed by atoms with E-state index >= 15 is 0 Å². The number of nitrogens with one attached hydrogen (secondary N) is 2. The lowest BCUT2D eigenvalue weighted by atomic mass is 10.1. The molecule has 0 radical (unpaired) electrons. The maximum Gasteiger partial charge on any atom is 0.353 e. The molecule has 25 heavy (non-hydrogen) atoms. The Hall–Kier alpha value is -2.74. The van der Waals surface area contributed by atoms with Crippen LogP contribution in [0.3, 0.4) is 0 Å². The second kappa shape index (κ2) is 7.89. The van der Waals surface area contributed by atoms with Crippen molar-refractivity contribution in [1.29, 1.82) is 0 Å². The average molecular weight is 343 g/mol. The van der Waals surface area contributed by atoms with E-state index in [9.17, 15) is 10.1 Å². The van der Waals surface area contributed by atoms with Crippen LogP contribution in [0, 0.1) is 17.0 Å². The fraction of sp³-hybridized carbons (Fsp3) is 0.412. The molecule has 1 unspecified atom stereocenters. The molecular formula is C17H21N5O3. The van der Waals surface area contributed by atoms with E-state index in [0.29, 0.717) is 13.1 Å². The van der Waals surface area contributed by atoms with Gasteiger partial charge in [0, 0.05) is 19.7 Å². The SMILES string of the molecule is Cc1ccc(CNc2ncnc(NCC3CCCO3)c2[N+](=O)[O-])cc1. The van der Waals surface area contributed by atoms with Crippen LogP contribution in [0.4, 0.5) is 17.3 Å². The Morgan fingerprint density at radius 3 is 2.60 bits per heavy atom. The number of hydrogen-bond donors (Lipinski definition) is 2. The Morgan fingerprint density at radius 2 is 1.96 bits per heavy atom. The van der Waals surface area contributed by atoms with Crippen molar-refractivity contribution in [2.75, 3.05) is 23.8 Å².